The van der Waals surface area contributed by atoms with Gasteiger partial charge in [-0.25, -0.2) is 4.39 Å². The Kier molecular flexibility index (Phi) is 4.95. The maximum absolute atomic E-state index is 13.3. The van der Waals surface area contributed by atoms with Gasteiger partial charge in [-0.15, -0.1) is 5.10 Å². The van der Waals surface area contributed by atoms with Crippen LogP contribution in [0.5, 0.6) is 5.75 Å². The van der Waals surface area contributed by atoms with Crippen LogP contribution in [0.25, 0.3) is 0 Å². The van der Waals surface area contributed by atoms with Crippen LogP contribution in [0.3, 0.4) is 0 Å². The minimum atomic E-state index is -0.353. The van der Waals surface area contributed by atoms with Crippen LogP contribution in [0.2, 0.25) is 5.02 Å². The molecule has 0 radical (unpaired) electrons. The standard InChI is InChI=1S/C17H15ClFN5O/c1-10-6-14(15(25-2)8-13(10)18)22-16-9-20-24-17(23-16)21-12-5-3-4-11(19)7-12/h3-9H,1-2H3,(H2,21,22,23,24). The predicted molar refractivity (Wildman–Crippen MR) is 95.5 cm³/mol. The summed E-state index contributed by atoms with van der Waals surface area (Å²) in [6.45, 7) is 1.89. The lowest BCUT2D eigenvalue weighted by Crippen LogP contribution is -2.03. The van der Waals surface area contributed by atoms with E-state index in [9.17, 15) is 4.39 Å². The first kappa shape index (κ1) is 16.9. The third kappa shape index (κ3) is 4.13. The number of ether oxygens (including phenoxy) is 1. The minimum absolute atomic E-state index is 0.236. The van der Waals surface area contributed by atoms with E-state index in [-0.39, 0.29) is 11.8 Å². The summed E-state index contributed by atoms with van der Waals surface area (Å²) < 4.78 is 18.6. The van der Waals surface area contributed by atoms with Gasteiger partial charge in [-0.05, 0) is 36.8 Å². The zero-order chi connectivity index (χ0) is 17.8. The molecule has 0 saturated carbocycles. The summed E-state index contributed by atoms with van der Waals surface area (Å²) >= 11 is 6.11. The van der Waals surface area contributed by atoms with Crippen LogP contribution >= 0.6 is 11.6 Å². The summed E-state index contributed by atoms with van der Waals surface area (Å²) in [5.41, 5.74) is 2.12. The van der Waals surface area contributed by atoms with E-state index in [2.05, 4.69) is 25.8 Å². The predicted octanol–water partition coefficient (Wildman–Crippen LogP) is 4.47. The number of aromatic nitrogens is 3. The molecule has 2 aromatic carbocycles. The summed E-state index contributed by atoms with van der Waals surface area (Å²) in [7, 11) is 1.56. The van der Waals surface area contributed by atoms with E-state index < -0.39 is 0 Å². The molecular formula is C17H15ClFN5O. The number of methoxy groups -OCH3 is 1. The van der Waals surface area contributed by atoms with Crippen molar-refractivity contribution in [3.05, 3.63) is 59.0 Å². The molecule has 0 bridgehead atoms. The third-order valence-electron chi connectivity index (χ3n) is 3.38. The van der Waals surface area contributed by atoms with Crippen molar-refractivity contribution >= 4 is 34.7 Å². The largest absolute Gasteiger partial charge is 0.495 e. The summed E-state index contributed by atoms with van der Waals surface area (Å²) in [6.07, 6.45) is 1.47. The highest BCUT2D eigenvalue weighted by Crippen LogP contribution is 2.32. The fourth-order valence-corrected chi connectivity index (χ4v) is 2.33. The fourth-order valence-electron chi connectivity index (χ4n) is 2.18. The topological polar surface area (TPSA) is 72.0 Å². The van der Waals surface area contributed by atoms with Gasteiger partial charge in [-0.2, -0.15) is 10.1 Å². The molecule has 25 heavy (non-hydrogen) atoms. The Morgan fingerprint density at radius 3 is 2.76 bits per heavy atom. The van der Waals surface area contributed by atoms with Crippen molar-refractivity contribution in [2.24, 2.45) is 0 Å². The molecule has 0 fully saturated rings. The van der Waals surface area contributed by atoms with Crippen LogP contribution in [-0.4, -0.2) is 22.3 Å². The van der Waals surface area contributed by atoms with Crippen LogP contribution in [0.1, 0.15) is 5.56 Å². The highest BCUT2D eigenvalue weighted by molar-refractivity contribution is 6.31. The van der Waals surface area contributed by atoms with Crippen molar-refractivity contribution in [1.82, 2.24) is 15.2 Å². The molecule has 0 aliphatic heterocycles. The van der Waals surface area contributed by atoms with Gasteiger partial charge in [0.2, 0.25) is 5.95 Å². The van der Waals surface area contributed by atoms with Gasteiger partial charge in [0.05, 0.1) is 19.0 Å². The van der Waals surface area contributed by atoms with E-state index in [1.807, 2.05) is 13.0 Å². The number of hydrogen-bond donors (Lipinski definition) is 2. The Labute approximate surface area is 149 Å². The monoisotopic (exact) mass is 359 g/mol. The van der Waals surface area contributed by atoms with Crippen LogP contribution in [0, 0.1) is 12.7 Å². The molecule has 1 heterocycles. The van der Waals surface area contributed by atoms with Crippen molar-refractivity contribution < 1.29 is 9.13 Å². The number of nitrogens with one attached hydrogen (secondary N) is 2. The molecule has 0 saturated heterocycles. The average Bonchev–Trinajstić information content (AvgIpc) is 2.58. The summed E-state index contributed by atoms with van der Waals surface area (Å²) in [5.74, 6) is 0.914. The Hall–Kier alpha value is -2.93. The second kappa shape index (κ2) is 7.31. The molecule has 6 nitrogen and oxygen atoms in total. The van der Waals surface area contributed by atoms with Crippen LogP contribution in [0.15, 0.2) is 42.6 Å². The fraction of sp³-hybridized carbons (Fsp3) is 0.118. The molecule has 128 valence electrons. The van der Waals surface area contributed by atoms with Gasteiger partial charge >= 0.3 is 0 Å². The summed E-state index contributed by atoms with van der Waals surface area (Å²) in [6, 6.07) is 9.57. The highest BCUT2D eigenvalue weighted by Gasteiger charge is 2.09. The first-order chi connectivity index (χ1) is 12.0. The number of aryl methyl sites for hydroxylation is 1. The second-order valence-corrected chi connectivity index (χ2v) is 5.63. The van der Waals surface area contributed by atoms with E-state index >= 15 is 0 Å². The summed E-state index contributed by atoms with van der Waals surface area (Å²) in [5, 5.41) is 14.4. The molecule has 2 N–H and O–H groups in total. The maximum Gasteiger partial charge on any atom is 0.249 e. The third-order valence-corrected chi connectivity index (χ3v) is 3.79. The van der Waals surface area contributed by atoms with Gasteiger partial charge in [-0.1, -0.05) is 17.7 Å². The smallest absolute Gasteiger partial charge is 0.249 e. The van der Waals surface area contributed by atoms with Crippen LogP contribution < -0.4 is 15.4 Å². The number of nitrogens with zero attached hydrogens (tertiary/aromatic N) is 3. The SMILES string of the molecule is COc1cc(Cl)c(C)cc1Nc1cnnc(Nc2cccc(F)c2)n1. The van der Waals surface area contributed by atoms with E-state index in [0.717, 1.165) is 5.56 Å². The molecule has 0 unspecified atom stereocenters. The Bertz CT molecular complexity index is 906. The molecule has 0 atom stereocenters. The lowest BCUT2D eigenvalue weighted by molar-refractivity contribution is 0.416. The van der Waals surface area contributed by atoms with Crippen LogP contribution in [-0.2, 0) is 0 Å². The zero-order valence-corrected chi connectivity index (χ0v) is 14.3. The summed E-state index contributed by atoms with van der Waals surface area (Å²) in [4.78, 5) is 4.31. The van der Waals surface area contributed by atoms with Crippen molar-refractivity contribution in [3.8, 4) is 5.75 Å². The molecule has 3 rings (SSSR count). The Balaban J connectivity index is 1.84. The number of anilines is 4. The molecule has 1 aromatic heterocycles. The molecular weight excluding hydrogens is 345 g/mol. The number of halogens is 2. The van der Waals surface area contributed by atoms with Gasteiger partial charge in [-0.3, -0.25) is 0 Å². The lowest BCUT2D eigenvalue weighted by atomic mass is 10.2. The van der Waals surface area contributed by atoms with Crippen molar-refractivity contribution in [1.29, 1.82) is 0 Å². The molecule has 0 aliphatic rings. The number of benzene rings is 2. The minimum Gasteiger partial charge on any atom is -0.495 e. The van der Waals surface area contributed by atoms with Gasteiger partial charge < -0.3 is 15.4 Å². The normalized spacial score (nSPS) is 10.4. The first-order valence-electron chi connectivity index (χ1n) is 7.38. The lowest BCUT2D eigenvalue weighted by Gasteiger charge is -2.13. The molecule has 8 heteroatoms. The maximum atomic E-state index is 13.3. The quantitative estimate of drug-likeness (QED) is 0.700. The van der Waals surface area contributed by atoms with Crippen molar-refractivity contribution in [2.75, 3.05) is 17.7 Å². The van der Waals surface area contributed by atoms with Gasteiger partial charge in [0.15, 0.2) is 5.82 Å². The zero-order valence-electron chi connectivity index (χ0n) is 13.5. The van der Waals surface area contributed by atoms with E-state index in [0.29, 0.717) is 28.0 Å². The average molecular weight is 360 g/mol. The molecule has 0 aliphatic carbocycles. The Morgan fingerprint density at radius 2 is 2.00 bits per heavy atom. The van der Waals surface area contributed by atoms with E-state index in [1.165, 1.54) is 18.3 Å². The number of hydrogen-bond acceptors (Lipinski definition) is 6. The molecule has 0 spiro atoms. The highest BCUT2D eigenvalue weighted by atomic mass is 35.5. The van der Waals surface area contributed by atoms with Crippen molar-refractivity contribution in [2.45, 2.75) is 6.92 Å². The Morgan fingerprint density at radius 1 is 1.16 bits per heavy atom. The van der Waals surface area contributed by atoms with Gasteiger partial charge in [0.1, 0.15) is 11.6 Å². The molecule has 3 aromatic rings. The van der Waals surface area contributed by atoms with Crippen molar-refractivity contribution in [3.63, 3.8) is 0 Å². The van der Waals surface area contributed by atoms with Gasteiger partial charge in [0.25, 0.3) is 0 Å². The van der Waals surface area contributed by atoms with E-state index in [4.69, 9.17) is 16.3 Å². The molecule has 0 amide bonds. The van der Waals surface area contributed by atoms with Crippen LogP contribution in [0.4, 0.5) is 27.5 Å². The second-order valence-electron chi connectivity index (χ2n) is 5.23. The first-order valence-corrected chi connectivity index (χ1v) is 7.76. The number of rotatable bonds is 5. The van der Waals surface area contributed by atoms with Gasteiger partial charge in [0, 0.05) is 16.8 Å². The van der Waals surface area contributed by atoms with E-state index in [1.54, 1.807) is 25.3 Å².